The summed E-state index contributed by atoms with van der Waals surface area (Å²) in [6, 6.07) is 10.3. The summed E-state index contributed by atoms with van der Waals surface area (Å²) < 4.78 is 41.7. The molecule has 0 aliphatic carbocycles. The average molecular weight is 570 g/mol. The SMILES string of the molecule is CN=C(NCc1cccc(OCC(F)(F)F)c1)NC1CCN(c2ncccc2Cl)C1.I. The summed E-state index contributed by atoms with van der Waals surface area (Å²) in [5.74, 6) is 1.55. The Morgan fingerprint density at radius 2 is 2.13 bits per heavy atom. The van der Waals surface area contributed by atoms with E-state index in [-0.39, 0.29) is 35.8 Å². The average Bonchev–Trinajstić information content (AvgIpc) is 3.18. The molecule has 0 amide bonds. The molecule has 1 saturated heterocycles. The number of guanidine groups is 1. The molecule has 0 bridgehead atoms. The summed E-state index contributed by atoms with van der Waals surface area (Å²) in [6.07, 6.45) is -1.75. The van der Waals surface area contributed by atoms with E-state index >= 15 is 0 Å². The van der Waals surface area contributed by atoms with Crippen LogP contribution in [0.3, 0.4) is 0 Å². The highest BCUT2D eigenvalue weighted by Gasteiger charge is 2.28. The molecular weight excluding hydrogens is 546 g/mol. The molecule has 1 aliphatic rings. The molecule has 11 heteroatoms. The summed E-state index contributed by atoms with van der Waals surface area (Å²) in [6.45, 7) is 0.638. The van der Waals surface area contributed by atoms with E-state index in [1.54, 1.807) is 37.5 Å². The number of pyridine rings is 1. The Balaban J connectivity index is 0.00000341. The van der Waals surface area contributed by atoms with Gasteiger partial charge in [0.25, 0.3) is 0 Å². The summed E-state index contributed by atoms with van der Waals surface area (Å²) in [4.78, 5) is 10.7. The standard InChI is InChI=1S/C20H23ClF3N5O.HI/c1-25-19(27-11-14-4-2-5-16(10-14)30-13-20(22,23)24)28-15-7-9-29(12-15)18-17(21)6-3-8-26-18;/h2-6,8,10,15H,7,9,11-13H2,1H3,(H2,25,27,28);1H. The molecule has 2 N–H and O–H groups in total. The number of aromatic nitrogens is 1. The molecule has 1 atom stereocenters. The van der Waals surface area contributed by atoms with E-state index in [9.17, 15) is 13.2 Å². The molecule has 0 saturated carbocycles. The van der Waals surface area contributed by atoms with Crippen LogP contribution in [0.2, 0.25) is 5.02 Å². The fourth-order valence-corrected chi connectivity index (χ4v) is 3.41. The van der Waals surface area contributed by atoms with Crippen molar-refractivity contribution < 1.29 is 17.9 Å². The lowest BCUT2D eigenvalue weighted by molar-refractivity contribution is -0.153. The number of aliphatic imine (C=N–C) groups is 1. The Bertz CT molecular complexity index is 884. The van der Waals surface area contributed by atoms with E-state index in [1.807, 2.05) is 6.07 Å². The Morgan fingerprint density at radius 1 is 1.32 bits per heavy atom. The third-order valence-corrected chi connectivity index (χ3v) is 4.85. The number of nitrogens with one attached hydrogen (secondary N) is 2. The summed E-state index contributed by atoms with van der Waals surface area (Å²) in [5.41, 5.74) is 0.783. The van der Waals surface area contributed by atoms with Crippen molar-refractivity contribution in [1.82, 2.24) is 15.6 Å². The number of benzene rings is 1. The Labute approximate surface area is 201 Å². The molecule has 1 fully saturated rings. The number of anilines is 1. The van der Waals surface area contributed by atoms with Gasteiger partial charge in [0.05, 0.1) is 5.02 Å². The minimum Gasteiger partial charge on any atom is -0.484 e. The van der Waals surface area contributed by atoms with Crippen molar-refractivity contribution in [2.45, 2.75) is 25.2 Å². The van der Waals surface area contributed by atoms with E-state index in [0.717, 1.165) is 30.9 Å². The van der Waals surface area contributed by atoms with Crippen molar-refractivity contribution >= 4 is 47.4 Å². The Kier molecular flexibility index (Phi) is 9.48. The highest BCUT2D eigenvalue weighted by Crippen LogP contribution is 2.25. The highest BCUT2D eigenvalue weighted by molar-refractivity contribution is 14.0. The van der Waals surface area contributed by atoms with Gasteiger partial charge in [-0.15, -0.1) is 24.0 Å². The predicted octanol–water partition coefficient (Wildman–Crippen LogP) is 4.24. The van der Waals surface area contributed by atoms with Crippen molar-refractivity contribution in [2.75, 3.05) is 31.6 Å². The maximum Gasteiger partial charge on any atom is 0.422 e. The number of rotatable bonds is 6. The van der Waals surface area contributed by atoms with Crippen LogP contribution in [0.1, 0.15) is 12.0 Å². The maximum atomic E-state index is 12.3. The van der Waals surface area contributed by atoms with Gasteiger partial charge in [-0.05, 0) is 36.2 Å². The Morgan fingerprint density at radius 3 is 2.84 bits per heavy atom. The molecule has 0 spiro atoms. The van der Waals surface area contributed by atoms with Gasteiger partial charge in [-0.3, -0.25) is 4.99 Å². The fraction of sp³-hybridized carbons (Fsp3) is 0.400. The monoisotopic (exact) mass is 569 g/mol. The summed E-state index contributed by atoms with van der Waals surface area (Å²) in [5, 5.41) is 7.16. The van der Waals surface area contributed by atoms with E-state index in [2.05, 4.69) is 25.5 Å². The van der Waals surface area contributed by atoms with E-state index in [1.165, 1.54) is 6.07 Å². The van der Waals surface area contributed by atoms with Gasteiger partial charge >= 0.3 is 6.18 Å². The summed E-state index contributed by atoms with van der Waals surface area (Å²) in [7, 11) is 1.67. The van der Waals surface area contributed by atoms with Crippen LogP contribution in [0.15, 0.2) is 47.6 Å². The Hall–Kier alpha value is -1.95. The molecule has 6 nitrogen and oxygen atoms in total. The molecule has 0 radical (unpaired) electrons. The topological polar surface area (TPSA) is 61.8 Å². The van der Waals surface area contributed by atoms with Crippen LogP contribution in [0.25, 0.3) is 0 Å². The number of ether oxygens (including phenoxy) is 1. The van der Waals surface area contributed by atoms with Crippen LogP contribution in [0.5, 0.6) is 5.75 Å². The van der Waals surface area contributed by atoms with E-state index in [0.29, 0.717) is 17.5 Å². The molecule has 2 aromatic rings. The van der Waals surface area contributed by atoms with Crippen LogP contribution < -0.4 is 20.3 Å². The zero-order valence-electron chi connectivity index (χ0n) is 16.8. The third kappa shape index (κ3) is 7.91. The molecule has 31 heavy (non-hydrogen) atoms. The summed E-state index contributed by atoms with van der Waals surface area (Å²) >= 11 is 6.23. The second kappa shape index (κ2) is 11.6. The van der Waals surface area contributed by atoms with Gasteiger partial charge in [-0.2, -0.15) is 13.2 Å². The van der Waals surface area contributed by atoms with Crippen molar-refractivity contribution in [3.8, 4) is 5.75 Å². The van der Waals surface area contributed by atoms with Gasteiger partial charge < -0.3 is 20.3 Å². The molecule has 1 unspecified atom stereocenters. The first-order valence-electron chi connectivity index (χ1n) is 9.45. The molecule has 1 aromatic heterocycles. The molecule has 1 aliphatic heterocycles. The van der Waals surface area contributed by atoms with E-state index < -0.39 is 12.8 Å². The lowest BCUT2D eigenvalue weighted by atomic mass is 10.2. The molecule has 3 rings (SSSR count). The lowest BCUT2D eigenvalue weighted by Crippen LogP contribution is -2.44. The quantitative estimate of drug-likeness (QED) is 0.310. The largest absolute Gasteiger partial charge is 0.484 e. The molecule has 2 heterocycles. The molecular formula is C20H24ClF3IN5O. The van der Waals surface area contributed by atoms with Crippen LogP contribution in [-0.2, 0) is 6.54 Å². The molecule has 170 valence electrons. The van der Waals surface area contributed by atoms with Gasteiger partial charge in [0.2, 0.25) is 0 Å². The first-order chi connectivity index (χ1) is 14.3. The maximum absolute atomic E-state index is 12.3. The van der Waals surface area contributed by atoms with Crippen LogP contribution in [0.4, 0.5) is 19.0 Å². The van der Waals surface area contributed by atoms with Gasteiger partial charge in [-0.25, -0.2) is 4.98 Å². The zero-order chi connectivity index (χ0) is 21.6. The van der Waals surface area contributed by atoms with Crippen molar-refractivity contribution in [2.24, 2.45) is 4.99 Å². The number of alkyl halides is 3. The first kappa shape index (κ1) is 25.3. The van der Waals surface area contributed by atoms with Crippen LogP contribution >= 0.6 is 35.6 Å². The normalized spacial score (nSPS) is 16.6. The van der Waals surface area contributed by atoms with Crippen molar-refractivity contribution in [1.29, 1.82) is 0 Å². The van der Waals surface area contributed by atoms with E-state index in [4.69, 9.17) is 16.3 Å². The van der Waals surface area contributed by atoms with Crippen LogP contribution in [0, 0.1) is 0 Å². The fourth-order valence-electron chi connectivity index (χ4n) is 3.16. The highest BCUT2D eigenvalue weighted by atomic mass is 127. The number of halogens is 5. The first-order valence-corrected chi connectivity index (χ1v) is 9.83. The minimum atomic E-state index is -4.37. The number of hydrogen-bond acceptors (Lipinski definition) is 4. The zero-order valence-corrected chi connectivity index (χ0v) is 19.9. The lowest BCUT2D eigenvalue weighted by Gasteiger charge is -2.20. The minimum absolute atomic E-state index is 0. The second-order valence-corrected chi connectivity index (χ2v) is 7.27. The predicted molar refractivity (Wildman–Crippen MR) is 127 cm³/mol. The molecule has 1 aromatic carbocycles. The number of hydrogen-bond donors (Lipinski definition) is 2. The number of nitrogens with zero attached hydrogens (tertiary/aromatic N) is 3. The van der Waals surface area contributed by atoms with Crippen LogP contribution in [-0.4, -0.2) is 49.9 Å². The van der Waals surface area contributed by atoms with Crippen molar-refractivity contribution in [3.63, 3.8) is 0 Å². The van der Waals surface area contributed by atoms with Gasteiger partial charge in [0, 0.05) is 38.9 Å². The van der Waals surface area contributed by atoms with Gasteiger partial charge in [0.15, 0.2) is 12.6 Å². The van der Waals surface area contributed by atoms with Gasteiger partial charge in [-0.1, -0.05) is 23.7 Å². The smallest absolute Gasteiger partial charge is 0.422 e. The second-order valence-electron chi connectivity index (χ2n) is 6.86. The third-order valence-electron chi connectivity index (χ3n) is 4.55. The van der Waals surface area contributed by atoms with Gasteiger partial charge in [0.1, 0.15) is 11.6 Å². The van der Waals surface area contributed by atoms with Crippen molar-refractivity contribution in [3.05, 3.63) is 53.2 Å².